The minimum absolute atomic E-state index is 0.346. The van der Waals surface area contributed by atoms with Crippen molar-refractivity contribution in [3.05, 3.63) is 34.1 Å². The molecule has 5 heteroatoms. The number of rotatable bonds is 10. The molecule has 0 aliphatic heterocycles. The van der Waals surface area contributed by atoms with E-state index in [2.05, 4.69) is 6.92 Å². The largest absolute Gasteiger partial charge is 0.493 e. The van der Waals surface area contributed by atoms with Crippen LogP contribution in [0.2, 0.25) is 0 Å². The zero-order chi connectivity index (χ0) is 14.8. The van der Waals surface area contributed by atoms with Crippen LogP contribution in [0, 0.1) is 15.9 Å². The summed E-state index contributed by atoms with van der Waals surface area (Å²) in [5.41, 5.74) is -0.520. The summed E-state index contributed by atoms with van der Waals surface area (Å²) in [5, 5.41) is 10.5. The van der Waals surface area contributed by atoms with Crippen LogP contribution in [0.15, 0.2) is 18.2 Å². The molecule has 0 heterocycles. The summed E-state index contributed by atoms with van der Waals surface area (Å²) >= 11 is 0. The number of nitro benzene ring substituents is 1. The first kappa shape index (κ1) is 16.4. The molecule has 0 saturated heterocycles. The van der Waals surface area contributed by atoms with E-state index < -0.39 is 16.4 Å². The number of hydrogen-bond donors (Lipinski definition) is 0. The maximum Gasteiger partial charge on any atom is 0.305 e. The molecule has 0 aliphatic rings. The zero-order valence-corrected chi connectivity index (χ0v) is 11.9. The normalized spacial score (nSPS) is 10.5. The SMILES string of the molecule is CCCCCCCCCOc1ccc([N+](=O)[O-])c(F)c1. The van der Waals surface area contributed by atoms with Crippen LogP contribution in [0.25, 0.3) is 0 Å². The monoisotopic (exact) mass is 283 g/mol. The van der Waals surface area contributed by atoms with Gasteiger partial charge in [0.2, 0.25) is 5.82 Å². The second kappa shape index (κ2) is 9.28. The van der Waals surface area contributed by atoms with Gasteiger partial charge in [0.05, 0.1) is 11.5 Å². The highest BCUT2D eigenvalue weighted by molar-refractivity contribution is 5.37. The predicted octanol–water partition coefficient (Wildman–Crippen LogP) is 4.86. The van der Waals surface area contributed by atoms with Gasteiger partial charge in [0.25, 0.3) is 0 Å². The Morgan fingerprint density at radius 1 is 1.15 bits per heavy atom. The molecule has 0 saturated carbocycles. The summed E-state index contributed by atoms with van der Waals surface area (Å²) in [6, 6.07) is 3.64. The third-order valence-electron chi connectivity index (χ3n) is 3.13. The summed E-state index contributed by atoms with van der Waals surface area (Å²) in [7, 11) is 0. The van der Waals surface area contributed by atoms with Crippen molar-refractivity contribution in [1.82, 2.24) is 0 Å². The van der Waals surface area contributed by atoms with Crippen molar-refractivity contribution in [3.63, 3.8) is 0 Å². The van der Waals surface area contributed by atoms with Crippen LogP contribution in [-0.4, -0.2) is 11.5 Å². The van der Waals surface area contributed by atoms with Gasteiger partial charge in [-0.3, -0.25) is 10.1 Å². The lowest BCUT2D eigenvalue weighted by Gasteiger charge is -2.06. The Morgan fingerprint density at radius 3 is 2.40 bits per heavy atom. The number of benzene rings is 1. The topological polar surface area (TPSA) is 52.4 Å². The van der Waals surface area contributed by atoms with Crippen molar-refractivity contribution in [2.45, 2.75) is 51.9 Å². The van der Waals surface area contributed by atoms with Gasteiger partial charge in [0, 0.05) is 12.1 Å². The Morgan fingerprint density at radius 2 is 1.80 bits per heavy atom. The molecule has 0 amide bonds. The summed E-state index contributed by atoms with van der Waals surface area (Å²) < 4.78 is 18.7. The van der Waals surface area contributed by atoms with Crippen molar-refractivity contribution in [2.75, 3.05) is 6.61 Å². The van der Waals surface area contributed by atoms with Gasteiger partial charge < -0.3 is 4.74 Å². The molecule has 0 bridgehead atoms. The fourth-order valence-electron chi connectivity index (χ4n) is 1.97. The molecule has 0 fully saturated rings. The lowest BCUT2D eigenvalue weighted by Crippen LogP contribution is -1.99. The maximum absolute atomic E-state index is 13.3. The van der Waals surface area contributed by atoms with Crippen LogP contribution in [-0.2, 0) is 0 Å². The highest BCUT2D eigenvalue weighted by Gasteiger charge is 2.13. The van der Waals surface area contributed by atoms with Gasteiger partial charge in [-0.15, -0.1) is 0 Å². The van der Waals surface area contributed by atoms with E-state index in [1.807, 2.05) is 0 Å². The molecule has 0 unspecified atom stereocenters. The van der Waals surface area contributed by atoms with Crippen molar-refractivity contribution in [3.8, 4) is 5.75 Å². The quantitative estimate of drug-likeness (QED) is 0.350. The Kier molecular flexibility index (Phi) is 7.62. The van der Waals surface area contributed by atoms with Gasteiger partial charge in [-0.05, 0) is 12.5 Å². The highest BCUT2D eigenvalue weighted by Crippen LogP contribution is 2.22. The van der Waals surface area contributed by atoms with Crippen molar-refractivity contribution < 1.29 is 14.1 Å². The Labute approximate surface area is 119 Å². The molecule has 0 radical (unpaired) electrons. The van der Waals surface area contributed by atoms with Crippen LogP contribution >= 0.6 is 0 Å². The Hall–Kier alpha value is -1.65. The molecule has 112 valence electrons. The average molecular weight is 283 g/mol. The molecule has 0 N–H and O–H groups in total. The van der Waals surface area contributed by atoms with E-state index in [1.54, 1.807) is 0 Å². The molecule has 4 nitrogen and oxygen atoms in total. The molecule has 0 aromatic heterocycles. The molecule has 20 heavy (non-hydrogen) atoms. The number of halogens is 1. The first-order valence-electron chi connectivity index (χ1n) is 7.22. The van der Waals surface area contributed by atoms with Crippen LogP contribution in [0.1, 0.15) is 51.9 Å². The van der Waals surface area contributed by atoms with Crippen LogP contribution in [0.3, 0.4) is 0 Å². The molecule has 0 atom stereocenters. The maximum atomic E-state index is 13.3. The summed E-state index contributed by atoms with van der Waals surface area (Å²) in [6.45, 7) is 2.71. The van der Waals surface area contributed by atoms with Crippen molar-refractivity contribution in [2.24, 2.45) is 0 Å². The summed E-state index contributed by atoms with van der Waals surface area (Å²) in [4.78, 5) is 9.72. The van der Waals surface area contributed by atoms with Gasteiger partial charge in [0.1, 0.15) is 5.75 Å². The smallest absolute Gasteiger partial charge is 0.305 e. The van der Waals surface area contributed by atoms with Crippen LogP contribution in [0.4, 0.5) is 10.1 Å². The van der Waals surface area contributed by atoms with Crippen LogP contribution in [0.5, 0.6) is 5.75 Å². The Balaban J connectivity index is 2.19. The number of nitrogens with zero attached hydrogens (tertiary/aromatic N) is 1. The van der Waals surface area contributed by atoms with E-state index in [4.69, 9.17) is 4.74 Å². The Bertz CT molecular complexity index is 424. The third-order valence-corrected chi connectivity index (χ3v) is 3.13. The second-order valence-corrected chi connectivity index (χ2v) is 4.84. The van der Waals surface area contributed by atoms with E-state index in [9.17, 15) is 14.5 Å². The number of unbranched alkanes of at least 4 members (excludes halogenated alkanes) is 6. The van der Waals surface area contributed by atoms with E-state index in [0.29, 0.717) is 12.4 Å². The predicted molar refractivity (Wildman–Crippen MR) is 76.5 cm³/mol. The fourth-order valence-corrected chi connectivity index (χ4v) is 1.97. The number of ether oxygens (including phenoxy) is 1. The minimum Gasteiger partial charge on any atom is -0.493 e. The molecular formula is C15H22FNO3. The fraction of sp³-hybridized carbons (Fsp3) is 0.600. The lowest BCUT2D eigenvalue weighted by atomic mass is 10.1. The van der Waals surface area contributed by atoms with E-state index in [-0.39, 0.29) is 0 Å². The second-order valence-electron chi connectivity index (χ2n) is 4.84. The molecule has 1 aromatic carbocycles. The van der Waals surface area contributed by atoms with Gasteiger partial charge in [-0.1, -0.05) is 45.4 Å². The van der Waals surface area contributed by atoms with E-state index >= 15 is 0 Å². The van der Waals surface area contributed by atoms with Crippen molar-refractivity contribution >= 4 is 5.69 Å². The average Bonchev–Trinajstić information content (AvgIpc) is 2.41. The molecular weight excluding hydrogens is 261 g/mol. The van der Waals surface area contributed by atoms with Gasteiger partial charge >= 0.3 is 5.69 Å². The minimum atomic E-state index is -0.855. The lowest BCUT2D eigenvalue weighted by molar-refractivity contribution is -0.387. The third kappa shape index (κ3) is 5.99. The first-order valence-corrected chi connectivity index (χ1v) is 7.22. The van der Waals surface area contributed by atoms with E-state index in [1.165, 1.54) is 38.2 Å². The molecule has 1 rings (SSSR count). The van der Waals surface area contributed by atoms with Gasteiger partial charge in [-0.2, -0.15) is 4.39 Å². The van der Waals surface area contributed by atoms with Crippen LogP contribution < -0.4 is 4.74 Å². The van der Waals surface area contributed by atoms with Gasteiger partial charge in [-0.25, -0.2) is 0 Å². The summed E-state index contributed by atoms with van der Waals surface area (Å²) in [6.07, 6.45) is 8.28. The summed E-state index contributed by atoms with van der Waals surface area (Å²) in [5.74, 6) is -0.508. The van der Waals surface area contributed by atoms with Crippen molar-refractivity contribution in [1.29, 1.82) is 0 Å². The molecule has 0 aliphatic carbocycles. The first-order chi connectivity index (χ1) is 9.65. The molecule has 1 aromatic rings. The number of hydrogen-bond acceptors (Lipinski definition) is 3. The standard InChI is InChI=1S/C15H22FNO3/c1-2-3-4-5-6-7-8-11-20-13-9-10-15(17(18)19)14(16)12-13/h9-10,12H,2-8,11H2,1H3. The van der Waals surface area contributed by atoms with E-state index in [0.717, 1.165) is 25.0 Å². The number of nitro groups is 1. The van der Waals surface area contributed by atoms with Gasteiger partial charge in [0.15, 0.2) is 0 Å². The molecule has 0 spiro atoms. The highest BCUT2D eigenvalue weighted by atomic mass is 19.1. The zero-order valence-electron chi connectivity index (χ0n) is 11.9.